The van der Waals surface area contributed by atoms with Gasteiger partial charge in [0, 0.05) is 13.5 Å². The van der Waals surface area contributed by atoms with E-state index in [1.54, 1.807) is 0 Å². The van der Waals surface area contributed by atoms with E-state index >= 15 is 0 Å². The molecule has 0 spiro atoms. The number of hydrogen-bond acceptors (Lipinski definition) is 4. The molecule has 0 radical (unpaired) electrons. The van der Waals surface area contributed by atoms with E-state index in [1.807, 2.05) is 40.6 Å². The number of nitrogens with one attached hydrogen (secondary N) is 1. The highest BCUT2D eigenvalue weighted by Crippen LogP contribution is 2.32. The van der Waals surface area contributed by atoms with Crippen molar-refractivity contribution in [2.45, 2.75) is 32.4 Å². The Bertz CT molecular complexity index is 700. The molecule has 2 aromatic rings. The number of carbonyl (C=O) groups excluding carboxylic acids is 2. The number of nitrogens with zero attached hydrogens (tertiary/aromatic N) is 2. The average molecular weight is 329 g/mol. The van der Waals surface area contributed by atoms with Crippen LogP contribution in [0.4, 0.5) is 0 Å². The lowest BCUT2D eigenvalue weighted by Gasteiger charge is -2.24. The van der Waals surface area contributed by atoms with E-state index in [0.29, 0.717) is 6.54 Å². The van der Waals surface area contributed by atoms with Crippen LogP contribution in [-0.2, 0) is 11.3 Å². The summed E-state index contributed by atoms with van der Waals surface area (Å²) in [6, 6.07) is 9.56. The second-order valence-electron chi connectivity index (χ2n) is 5.60. The van der Waals surface area contributed by atoms with Crippen LogP contribution in [0, 0.1) is 0 Å². The number of likely N-dealkylation sites (tertiary alicyclic amines) is 1. The maximum atomic E-state index is 12.6. The van der Waals surface area contributed by atoms with Crippen LogP contribution in [0.5, 0.6) is 0 Å². The number of aromatic nitrogens is 1. The lowest BCUT2D eigenvalue weighted by molar-refractivity contribution is -0.119. The number of hydrogen-bond donors (Lipinski definition) is 1. The lowest BCUT2D eigenvalue weighted by Crippen LogP contribution is -2.30. The van der Waals surface area contributed by atoms with E-state index in [1.165, 1.54) is 18.3 Å². The zero-order valence-electron chi connectivity index (χ0n) is 13.0. The van der Waals surface area contributed by atoms with E-state index in [2.05, 4.69) is 10.3 Å². The molecule has 3 rings (SSSR count). The fourth-order valence-corrected chi connectivity index (χ4v) is 3.54. The van der Waals surface area contributed by atoms with Crippen LogP contribution in [0.15, 0.2) is 35.7 Å². The van der Waals surface area contributed by atoms with Crippen molar-refractivity contribution >= 4 is 23.2 Å². The zero-order valence-corrected chi connectivity index (χ0v) is 13.8. The van der Waals surface area contributed by atoms with E-state index in [0.717, 1.165) is 35.7 Å². The second-order valence-corrected chi connectivity index (χ2v) is 6.55. The van der Waals surface area contributed by atoms with Gasteiger partial charge in [0.1, 0.15) is 0 Å². The van der Waals surface area contributed by atoms with Gasteiger partial charge < -0.3 is 10.2 Å². The summed E-state index contributed by atoms with van der Waals surface area (Å²) in [5.41, 5.74) is 1.71. The molecule has 0 aromatic carbocycles. The van der Waals surface area contributed by atoms with Crippen LogP contribution in [-0.4, -0.2) is 28.2 Å². The number of thiophene rings is 1. The first-order chi connectivity index (χ1) is 11.1. The highest BCUT2D eigenvalue weighted by atomic mass is 32.1. The quantitative estimate of drug-likeness (QED) is 0.938. The fraction of sp³-hybridized carbons (Fsp3) is 0.353. The van der Waals surface area contributed by atoms with Crippen molar-refractivity contribution in [3.05, 3.63) is 52.0 Å². The molecule has 1 atom stereocenters. The smallest absolute Gasteiger partial charge is 0.264 e. The first kappa shape index (κ1) is 15.7. The molecule has 0 aliphatic carbocycles. The van der Waals surface area contributed by atoms with Gasteiger partial charge in [0.05, 0.1) is 28.9 Å². The van der Waals surface area contributed by atoms with Crippen LogP contribution in [0.1, 0.15) is 46.9 Å². The molecular weight excluding hydrogens is 310 g/mol. The Labute approximate surface area is 139 Å². The SMILES string of the molecule is CC(=O)NCc1cccc([C@@H]2CCCN2C(=O)c2cccs2)n1. The molecule has 2 aromatic heterocycles. The van der Waals surface area contributed by atoms with Gasteiger partial charge >= 0.3 is 0 Å². The molecule has 23 heavy (non-hydrogen) atoms. The summed E-state index contributed by atoms with van der Waals surface area (Å²) < 4.78 is 0. The third-order valence-corrected chi connectivity index (χ3v) is 4.79. The van der Waals surface area contributed by atoms with Gasteiger partial charge in [-0.2, -0.15) is 0 Å². The van der Waals surface area contributed by atoms with Crippen molar-refractivity contribution in [1.82, 2.24) is 15.2 Å². The Morgan fingerprint density at radius 3 is 2.96 bits per heavy atom. The van der Waals surface area contributed by atoms with Gasteiger partial charge in [-0.1, -0.05) is 12.1 Å². The number of rotatable bonds is 4. The molecule has 6 heteroatoms. The van der Waals surface area contributed by atoms with E-state index in [9.17, 15) is 9.59 Å². The number of pyridine rings is 1. The largest absolute Gasteiger partial charge is 0.351 e. The maximum Gasteiger partial charge on any atom is 0.264 e. The minimum absolute atomic E-state index is 0.0156. The highest BCUT2D eigenvalue weighted by molar-refractivity contribution is 7.12. The summed E-state index contributed by atoms with van der Waals surface area (Å²) in [5, 5.41) is 4.68. The molecule has 1 fully saturated rings. The van der Waals surface area contributed by atoms with Crippen molar-refractivity contribution < 1.29 is 9.59 Å². The number of amides is 2. The summed E-state index contributed by atoms with van der Waals surface area (Å²) in [5.74, 6) is 0.00383. The molecular formula is C17H19N3O2S. The predicted octanol–water partition coefficient (Wildman–Crippen LogP) is 2.76. The first-order valence-electron chi connectivity index (χ1n) is 7.70. The summed E-state index contributed by atoms with van der Waals surface area (Å²) in [6.07, 6.45) is 1.91. The third kappa shape index (κ3) is 3.59. The zero-order chi connectivity index (χ0) is 16.2. The Balaban J connectivity index is 1.78. The van der Waals surface area contributed by atoms with Crippen LogP contribution in [0.25, 0.3) is 0 Å². The predicted molar refractivity (Wildman–Crippen MR) is 89.1 cm³/mol. The molecule has 1 saturated heterocycles. The van der Waals surface area contributed by atoms with Crippen molar-refractivity contribution in [2.24, 2.45) is 0 Å². The first-order valence-corrected chi connectivity index (χ1v) is 8.58. The molecule has 1 aliphatic rings. The molecule has 0 bridgehead atoms. The van der Waals surface area contributed by atoms with Gasteiger partial charge in [0.25, 0.3) is 5.91 Å². The monoisotopic (exact) mass is 329 g/mol. The van der Waals surface area contributed by atoms with Crippen molar-refractivity contribution in [2.75, 3.05) is 6.54 Å². The maximum absolute atomic E-state index is 12.6. The van der Waals surface area contributed by atoms with Crippen molar-refractivity contribution in [1.29, 1.82) is 0 Å². The molecule has 0 saturated carbocycles. The van der Waals surface area contributed by atoms with Gasteiger partial charge in [-0.25, -0.2) is 0 Å². The Kier molecular flexibility index (Phi) is 4.71. The van der Waals surface area contributed by atoms with Crippen LogP contribution in [0.2, 0.25) is 0 Å². The Morgan fingerprint density at radius 1 is 1.35 bits per heavy atom. The third-order valence-electron chi connectivity index (χ3n) is 3.93. The van der Waals surface area contributed by atoms with Crippen molar-refractivity contribution in [3.8, 4) is 0 Å². The standard InChI is InChI=1S/C17H19N3O2S/c1-12(21)18-11-13-5-2-6-14(19-13)15-7-3-9-20(15)17(22)16-8-4-10-23-16/h2,4-6,8,10,15H,3,7,9,11H2,1H3,(H,18,21)/t15-/m0/s1. The lowest BCUT2D eigenvalue weighted by atomic mass is 10.1. The average Bonchev–Trinajstić information content (AvgIpc) is 3.23. The molecule has 2 amide bonds. The summed E-state index contributed by atoms with van der Waals surface area (Å²) >= 11 is 1.47. The highest BCUT2D eigenvalue weighted by Gasteiger charge is 2.31. The number of carbonyl (C=O) groups is 2. The van der Waals surface area contributed by atoms with Gasteiger partial charge in [-0.05, 0) is 36.4 Å². The van der Waals surface area contributed by atoms with E-state index < -0.39 is 0 Å². The van der Waals surface area contributed by atoms with Crippen LogP contribution in [0.3, 0.4) is 0 Å². The normalized spacial score (nSPS) is 17.3. The Morgan fingerprint density at radius 2 is 2.22 bits per heavy atom. The van der Waals surface area contributed by atoms with E-state index in [-0.39, 0.29) is 17.9 Å². The fourth-order valence-electron chi connectivity index (χ4n) is 2.86. The van der Waals surface area contributed by atoms with Crippen LogP contribution >= 0.6 is 11.3 Å². The minimum atomic E-state index is -0.0763. The minimum Gasteiger partial charge on any atom is -0.351 e. The topological polar surface area (TPSA) is 62.3 Å². The van der Waals surface area contributed by atoms with Gasteiger partial charge in [-0.15, -0.1) is 11.3 Å². The summed E-state index contributed by atoms with van der Waals surface area (Å²) in [7, 11) is 0. The molecule has 0 unspecified atom stereocenters. The molecule has 5 nitrogen and oxygen atoms in total. The van der Waals surface area contributed by atoms with Gasteiger partial charge in [-0.3, -0.25) is 14.6 Å². The molecule has 120 valence electrons. The van der Waals surface area contributed by atoms with Gasteiger partial charge in [0.2, 0.25) is 5.91 Å². The Hall–Kier alpha value is -2.21. The van der Waals surface area contributed by atoms with E-state index in [4.69, 9.17) is 0 Å². The summed E-state index contributed by atoms with van der Waals surface area (Å²) in [4.78, 5) is 31.0. The molecule has 1 N–H and O–H groups in total. The van der Waals surface area contributed by atoms with Crippen LogP contribution < -0.4 is 5.32 Å². The van der Waals surface area contributed by atoms with Gasteiger partial charge in [0.15, 0.2) is 0 Å². The molecule has 3 heterocycles. The molecule has 1 aliphatic heterocycles. The second kappa shape index (κ2) is 6.91. The summed E-state index contributed by atoms with van der Waals surface area (Å²) in [6.45, 7) is 2.66. The van der Waals surface area contributed by atoms with Crippen molar-refractivity contribution in [3.63, 3.8) is 0 Å².